The van der Waals surface area contributed by atoms with Gasteiger partial charge in [0.05, 0.1) is 5.69 Å². The van der Waals surface area contributed by atoms with E-state index in [-0.39, 0.29) is 5.12 Å². The van der Waals surface area contributed by atoms with Crippen LogP contribution in [-0.2, 0) is 4.79 Å². The Morgan fingerprint density at radius 1 is 0.906 bits per heavy atom. The summed E-state index contributed by atoms with van der Waals surface area (Å²) >= 11 is 6.49. The van der Waals surface area contributed by atoms with Crippen molar-refractivity contribution >= 4 is 62.6 Å². The molecule has 0 N–H and O–H groups in total. The van der Waals surface area contributed by atoms with E-state index in [2.05, 4.69) is 4.98 Å². The minimum Gasteiger partial charge on any atom is -0.440 e. The van der Waals surface area contributed by atoms with Gasteiger partial charge in [-0.25, -0.2) is 4.98 Å². The van der Waals surface area contributed by atoms with Gasteiger partial charge in [-0.2, -0.15) is 0 Å². The third-order valence-electron chi connectivity index (χ3n) is 4.83. The molecule has 5 nitrogen and oxygen atoms in total. The molecule has 3 heterocycles. The molecule has 2 aromatic carbocycles. The summed E-state index contributed by atoms with van der Waals surface area (Å²) in [4.78, 5) is 20.8. The standard InChI is InChI=1S/C25H17N3O2S2/c29-24-21(27(25(31)32-24)18-9-3-1-4-10-18)17-20-14-15-23(30-20)28(19-11-5-2-6-12-19)22-13-7-8-16-26-22/h1-17H/b21-17-. The van der Waals surface area contributed by atoms with Crippen molar-refractivity contribution in [3.63, 3.8) is 0 Å². The van der Waals surface area contributed by atoms with Gasteiger partial charge in [-0.15, -0.1) is 0 Å². The number of benzene rings is 2. The Morgan fingerprint density at radius 2 is 1.62 bits per heavy atom. The average molecular weight is 456 g/mol. The van der Waals surface area contributed by atoms with E-state index in [0.29, 0.717) is 21.7 Å². The van der Waals surface area contributed by atoms with E-state index in [1.807, 2.05) is 95.9 Å². The molecule has 2 aromatic heterocycles. The van der Waals surface area contributed by atoms with Gasteiger partial charge in [-0.05, 0) is 54.2 Å². The molecule has 0 spiro atoms. The number of carbonyl (C=O) groups is 1. The molecule has 0 bridgehead atoms. The highest BCUT2D eigenvalue weighted by Gasteiger charge is 2.33. The number of hydrogen-bond acceptors (Lipinski definition) is 6. The number of pyridine rings is 1. The summed E-state index contributed by atoms with van der Waals surface area (Å²) in [5.41, 5.74) is 2.23. The van der Waals surface area contributed by atoms with Crippen LogP contribution in [0.1, 0.15) is 5.76 Å². The van der Waals surface area contributed by atoms with Crippen LogP contribution in [0.25, 0.3) is 6.08 Å². The summed E-state index contributed by atoms with van der Waals surface area (Å²) in [6.45, 7) is 0. The summed E-state index contributed by atoms with van der Waals surface area (Å²) in [5, 5.41) is -0.110. The third kappa shape index (κ3) is 3.95. The molecule has 1 aliphatic heterocycles. The van der Waals surface area contributed by atoms with Crippen LogP contribution in [0.3, 0.4) is 0 Å². The van der Waals surface area contributed by atoms with Gasteiger partial charge < -0.3 is 4.42 Å². The molecule has 1 fully saturated rings. The number of nitrogens with zero attached hydrogens (tertiary/aromatic N) is 3. The summed E-state index contributed by atoms with van der Waals surface area (Å²) in [6, 6.07) is 28.9. The molecule has 7 heteroatoms. The molecular formula is C25H17N3O2S2. The van der Waals surface area contributed by atoms with Crippen molar-refractivity contribution in [2.75, 3.05) is 9.80 Å². The van der Waals surface area contributed by atoms with Crippen molar-refractivity contribution in [3.05, 3.63) is 109 Å². The van der Waals surface area contributed by atoms with Gasteiger partial charge in [0, 0.05) is 24.0 Å². The first-order chi connectivity index (χ1) is 15.7. The van der Waals surface area contributed by atoms with Crippen molar-refractivity contribution < 1.29 is 9.21 Å². The van der Waals surface area contributed by atoms with E-state index in [1.165, 1.54) is 0 Å². The number of carbonyl (C=O) groups excluding carboxylic acids is 1. The highest BCUT2D eigenvalue weighted by atomic mass is 32.2. The second kappa shape index (κ2) is 8.82. The van der Waals surface area contributed by atoms with Crippen LogP contribution in [0.15, 0.2) is 107 Å². The molecule has 156 valence electrons. The minimum absolute atomic E-state index is 0.110. The molecule has 0 amide bonds. The van der Waals surface area contributed by atoms with Crippen molar-refractivity contribution in [2.24, 2.45) is 0 Å². The largest absolute Gasteiger partial charge is 0.440 e. The van der Waals surface area contributed by atoms with E-state index < -0.39 is 0 Å². The Hall–Kier alpha value is -3.68. The minimum atomic E-state index is -0.110. The number of furan rings is 1. The summed E-state index contributed by atoms with van der Waals surface area (Å²) in [7, 11) is 0. The van der Waals surface area contributed by atoms with Crippen LogP contribution < -0.4 is 9.80 Å². The van der Waals surface area contributed by atoms with E-state index in [0.717, 1.165) is 29.0 Å². The molecule has 0 atom stereocenters. The van der Waals surface area contributed by atoms with Crippen LogP contribution in [-0.4, -0.2) is 14.4 Å². The Labute approximate surface area is 195 Å². The monoisotopic (exact) mass is 455 g/mol. The fraction of sp³-hybridized carbons (Fsp3) is 0. The number of hydrogen-bond donors (Lipinski definition) is 0. The highest BCUT2D eigenvalue weighted by molar-refractivity contribution is 8.34. The fourth-order valence-electron chi connectivity index (χ4n) is 3.42. The first kappa shape index (κ1) is 20.2. The second-order valence-electron chi connectivity index (χ2n) is 6.89. The van der Waals surface area contributed by atoms with Gasteiger partial charge in [0.15, 0.2) is 4.32 Å². The zero-order valence-electron chi connectivity index (χ0n) is 16.8. The smallest absolute Gasteiger partial charge is 0.243 e. The summed E-state index contributed by atoms with van der Waals surface area (Å²) < 4.78 is 6.66. The molecule has 4 aromatic rings. The zero-order chi connectivity index (χ0) is 21.9. The summed E-state index contributed by atoms with van der Waals surface area (Å²) in [6.07, 6.45) is 3.47. The van der Waals surface area contributed by atoms with E-state index in [4.69, 9.17) is 16.6 Å². The molecule has 0 unspecified atom stereocenters. The SMILES string of the molecule is O=C1SC(=S)N(c2ccccc2)/C1=C\c1ccc(N(c2ccccc2)c2ccccn2)o1. The van der Waals surface area contributed by atoms with Gasteiger partial charge in [0.1, 0.15) is 17.3 Å². The number of para-hydroxylation sites is 2. The Bertz CT molecular complexity index is 1250. The number of anilines is 4. The molecule has 1 aliphatic rings. The predicted octanol–water partition coefficient (Wildman–Crippen LogP) is 6.55. The lowest BCUT2D eigenvalue weighted by Crippen LogP contribution is -2.20. The van der Waals surface area contributed by atoms with E-state index >= 15 is 0 Å². The lowest BCUT2D eigenvalue weighted by atomic mass is 10.2. The lowest BCUT2D eigenvalue weighted by Gasteiger charge is -2.21. The maximum atomic E-state index is 12.7. The van der Waals surface area contributed by atoms with E-state index in [1.54, 1.807) is 17.2 Å². The Kier molecular flexibility index (Phi) is 5.58. The Balaban J connectivity index is 1.54. The van der Waals surface area contributed by atoms with Crippen molar-refractivity contribution in [3.8, 4) is 0 Å². The quantitative estimate of drug-likeness (QED) is 0.250. The number of aromatic nitrogens is 1. The number of rotatable bonds is 5. The van der Waals surface area contributed by atoms with Crippen LogP contribution in [0.4, 0.5) is 23.1 Å². The van der Waals surface area contributed by atoms with Gasteiger partial charge in [0.25, 0.3) is 0 Å². The van der Waals surface area contributed by atoms with Gasteiger partial charge in [-0.3, -0.25) is 14.6 Å². The topological polar surface area (TPSA) is 49.6 Å². The number of thiocarbonyl (C=S) groups is 1. The average Bonchev–Trinajstić information content (AvgIpc) is 3.40. The molecule has 0 aliphatic carbocycles. The molecule has 1 saturated heterocycles. The van der Waals surface area contributed by atoms with Crippen LogP contribution in [0.5, 0.6) is 0 Å². The lowest BCUT2D eigenvalue weighted by molar-refractivity contribution is -0.107. The highest BCUT2D eigenvalue weighted by Crippen LogP contribution is 2.37. The van der Waals surface area contributed by atoms with Crippen LogP contribution in [0, 0.1) is 0 Å². The van der Waals surface area contributed by atoms with E-state index in [9.17, 15) is 4.79 Å². The fourth-order valence-corrected chi connectivity index (χ4v) is 4.56. The first-order valence-electron chi connectivity index (χ1n) is 9.90. The molecular weight excluding hydrogens is 438 g/mol. The zero-order valence-corrected chi connectivity index (χ0v) is 18.4. The normalized spacial score (nSPS) is 14.9. The van der Waals surface area contributed by atoms with Gasteiger partial charge >= 0.3 is 0 Å². The van der Waals surface area contributed by atoms with Crippen LogP contribution in [0.2, 0.25) is 0 Å². The van der Waals surface area contributed by atoms with Crippen molar-refractivity contribution in [1.82, 2.24) is 4.98 Å². The molecule has 32 heavy (non-hydrogen) atoms. The van der Waals surface area contributed by atoms with Crippen molar-refractivity contribution in [1.29, 1.82) is 0 Å². The first-order valence-corrected chi connectivity index (χ1v) is 11.1. The van der Waals surface area contributed by atoms with Gasteiger partial charge in [-0.1, -0.05) is 54.7 Å². The molecule has 0 saturated carbocycles. The number of thioether (sulfide) groups is 1. The second-order valence-corrected chi connectivity index (χ2v) is 8.50. The Morgan fingerprint density at radius 3 is 2.34 bits per heavy atom. The van der Waals surface area contributed by atoms with Gasteiger partial charge in [0.2, 0.25) is 11.0 Å². The predicted molar refractivity (Wildman–Crippen MR) is 133 cm³/mol. The third-order valence-corrected chi connectivity index (χ3v) is 6.02. The summed E-state index contributed by atoms with van der Waals surface area (Å²) in [5.74, 6) is 1.87. The van der Waals surface area contributed by atoms with Crippen molar-refractivity contribution in [2.45, 2.75) is 0 Å². The maximum Gasteiger partial charge on any atom is 0.243 e. The molecule has 0 radical (unpaired) electrons. The maximum absolute atomic E-state index is 12.7. The molecule has 5 rings (SSSR count). The van der Waals surface area contributed by atoms with Crippen LogP contribution >= 0.6 is 24.0 Å².